The number of hydrogen-bond acceptors (Lipinski definition) is 5. The summed E-state index contributed by atoms with van der Waals surface area (Å²) in [5.41, 5.74) is 0.166. The second kappa shape index (κ2) is 7.60. The highest BCUT2D eigenvalue weighted by atomic mass is 79.9. The normalized spacial score (nSPS) is 18.1. The van der Waals surface area contributed by atoms with Gasteiger partial charge < -0.3 is 14.5 Å². The number of amides is 1. The molecular weight excluding hydrogens is 455 g/mol. The van der Waals surface area contributed by atoms with Gasteiger partial charge in [-0.25, -0.2) is 9.78 Å². The SMILES string of the molecule is CC1CN(C(=O)OC(C)(C)C)CCN1c1nc(Cl)nc2cc(Cl)c(Br)cc12. The lowest BCUT2D eigenvalue weighted by Crippen LogP contribution is -2.54. The van der Waals surface area contributed by atoms with E-state index in [1.54, 1.807) is 11.0 Å². The number of benzene rings is 1. The number of ether oxygens (including phenoxy) is 1. The molecule has 1 amide bonds. The summed E-state index contributed by atoms with van der Waals surface area (Å²) in [6, 6.07) is 3.70. The van der Waals surface area contributed by atoms with Gasteiger partial charge in [-0.1, -0.05) is 11.6 Å². The Balaban J connectivity index is 1.88. The first-order valence-corrected chi connectivity index (χ1v) is 10.2. The van der Waals surface area contributed by atoms with E-state index in [1.165, 1.54) is 0 Å². The molecule has 0 N–H and O–H groups in total. The lowest BCUT2D eigenvalue weighted by molar-refractivity contribution is 0.0218. The van der Waals surface area contributed by atoms with Crippen molar-refractivity contribution in [3.63, 3.8) is 0 Å². The Labute approximate surface area is 176 Å². The zero-order valence-electron chi connectivity index (χ0n) is 15.6. The number of nitrogens with zero attached hydrogens (tertiary/aromatic N) is 4. The predicted octanol–water partition coefficient (Wildman–Crippen LogP) is 5.14. The number of carbonyl (C=O) groups excluding carboxylic acids is 1. The summed E-state index contributed by atoms with van der Waals surface area (Å²) in [5.74, 6) is 0.735. The van der Waals surface area contributed by atoms with Gasteiger partial charge in [-0.15, -0.1) is 0 Å². The van der Waals surface area contributed by atoms with Crippen LogP contribution in [-0.2, 0) is 4.74 Å². The smallest absolute Gasteiger partial charge is 0.410 e. The molecule has 27 heavy (non-hydrogen) atoms. The largest absolute Gasteiger partial charge is 0.444 e. The van der Waals surface area contributed by atoms with Gasteiger partial charge in [0.2, 0.25) is 5.28 Å². The fraction of sp³-hybridized carbons (Fsp3) is 0.500. The molecule has 2 heterocycles. The van der Waals surface area contributed by atoms with Crippen molar-refractivity contribution < 1.29 is 9.53 Å². The topological polar surface area (TPSA) is 58.6 Å². The number of carbonyl (C=O) groups is 1. The summed E-state index contributed by atoms with van der Waals surface area (Å²) in [6.45, 7) is 9.32. The van der Waals surface area contributed by atoms with Crippen molar-refractivity contribution in [3.8, 4) is 0 Å². The van der Waals surface area contributed by atoms with E-state index in [4.69, 9.17) is 27.9 Å². The average molecular weight is 476 g/mol. The van der Waals surface area contributed by atoms with Gasteiger partial charge in [0.05, 0.1) is 10.5 Å². The maximum atomic E-state index is 12.4. The molecule has 0 bridgehead atoms. The summed E-state index contributed by atoms with van der Waals surface area (Å²) < 4.78 is 6.25. The molecule has 6 nitrogen and oxygen atoms in total. The Hall–Kier alpha value is -1.31. The first kappa shape index (κ1) is 20.4. The molecule has 0 spiro atoms. The Kier molecular flexibility index (Phi) is 5.75. The van der Waals surface area contributed by atoms with E-state index in [-0.39, 0.29) is 17.4 Å². The van der Waals surface area contributed by atoms with Crippen LogP contribution >= 0.6 is 39.1 Å². The van der Waals surface area contributed by atoms with Gasteiger partial charge in [-0.2, -0.15) is 4.98 Å². The van der Waals surface area contributed by atoms with E-state index in [0.29, 0.717) is 30.2 Å². The molecule has 1 fully saturated rings. The van der Waals surface area contributed by atoms with Crippen molar-refractivity contribution in [2.45, 2.75) is 39.3 Å². The van der Waals surface area contributed by atoms with E-state index < -0.39 is 5.60 Å². The second-order valence-electron chi connectivity index (χ2n) is 7.57. The number of anilines is 1. The number of fused-ring (bicyclic) bond motifs is 1. The van der Waals surface area contributed by atoms with Crippen LogP contribution in [0.4, 0.5) is 10.6 Å². The molecule has 2 aromatic rings. The molecule has 1 saturated heterocycles. The quantitative estimate of drug-likeness (QED) is 0.534. The van der Waals surface area contributed by atoms with E-state index >= 15 is 0 Å². The van der Waals surface area contributed by atoms with Gasteiger partial charge >= 0.3 is 6.09 Å². The molecule has 1 aliphatic rings. The molecule has 9 heteroatoms. The van der Waals surface area contributed by atoms with Crippen molar-refractivity contribution in [1.29, 1.82) is 0 Å². The molecule has 0 radical (unpaired) electrons. The third-order valence-electron chi connectivity index (χ3n) is 4.24. The minimum Gasteiger partial charge on any atom is -0.444 e. The van der Waals surface area contributed by atoms with Crippen molar-refractivity contribution in [2.24, 2.45) is 0 Å². The number of halogens is 3. The fourth-order valence-electron chi connectivity index (χ4n) is 3.06. The molecule has 3 rings (SSSR count). The molecule has 1 aliphatic heterocycles. The van der Waals surface area contributed by atoms with Gasteiger partial charge in [-0.3, -0.25) is 0 Å². The number of aromatic nitrogens is 2. The molecule has 1 aromatic carbocycles. The lowest BCUT2D eigenvalue weighted by atomic mass is 10.1. The van der Waals surface area contributed by atoms with Gasteiger partial charge in [-0.05, 0) is 67.4 Å². The first-order chi connectivity index (χ1) is 12.5. The highest BCUT2D eigenvalue weighted by molar-refractivity contribution is 9.10. The minimum atomic E-state index is -0.515. The Morgan fingerprint density at radius 1 is 1.26 bits per heavy atom. The summed E-state index contributed by atoms with van der Waals surface area (Å²) in [5, 5.41) is 1.58. The van der Waals surface area contributed by atoms with Crippen LogP contribution in [0.3, 0.4) is 0 Å². The third-order valence-corrected chi connectivity index (χ3v) is 5.61. The lowest BCUT2D eigenvalue weighted by Gasteiger charge is -2.41. The molecule has 1 aromatic heterocycles. The summed E-state index contributed by atoms with van der Waals surface area (Å²) >= 11 is 15.8. The third kappa shape index (κ3) is 4.58. The predicted molar refractivity (Wildman–Crippen MR) is 112 cm³/mol. The number of piperazine rings is 1. The fourth-order valence-corrected chi connectivity index (χ4v) is 3.74. The maximum Gasteiger partial charge on any atom is 0.410 e. The van der Waals surface area contributed by atoms with Gasteiger partial charge in [0, 0.05) is 35.5 Å². The first-order valence-electron chi connectivity index (χ1n) is 8.62. The van der Waals surface area contributed by atoms with Gasteiger partial charge in [0.1, 0.15) is 11.4 Å². The Morgan fingerprint density at radius 2 is 1.96 bits per heavy atom. The van der Waals surface area contributed by atoms with E-state index in [0.717, 1.165) is 15.7 Å². The van der Waals surface area contributed by atoms with E-state index in [1.807, 2.05) is 33.8 Å². The van der Waals surface area contributed by atoms with Gasteiger partial charge in [0.25, 0.3) is 0 Å². The van der Waals surface area contributed by atoms with Crippen LogP contribution in [-0.4, -0.2) is 52.2 Å². The maximum absolute atomic E-state index is 12.4. The van der Waals surface area contributed by atoms with E-state index in [2.05, 4.69) is 30.8 Å². The summed E-state index contributed by atoms with van der Waals surface area (Å²) in [4.78, 5) is 25.0. The Bertz CT molecular complexity index is 888. The summed E-state index contributed by atoms with van der Waals surface area (Å²) in [6.07, 6.45) is -0.297. The minimum absolute atomic E-state index is 0.0369. The molecule has 1 atom stereocenters. The van der Waals surface area contributed by atoms with Crippen molar-refractivity contribution in [2.75, 3.05) is 24.5 Å². The zero-order valence-corrected chi connectivity index (χ0v) is 18.7. The van der Waals surface area contributed by atoms with Crippen molar-refractivity contribution >= 4 is 61.9 Å². The molecule has 1 unspecified atom stereocenters. The molecular formula is C18H21BrCl2N4O2. The highest BCUT2D eigenvalue weighted by Gasteiger charge is 2.31. The highest BCUT2D eigenvalue weighted by Crippen LogP contribution is 2.34. The van der Waals surface area contributed by atoms with Crippen molar-refractivity contribution in [3.05, 3.63) is 26.9 Å². The number of rotatable bonds is 1. The summed E-state index contributed by atoms with van der Waals surface area (Å²) in [7, 11) is 0. The second-order valence-corrected chi connectivity index (χ2v) is 9.17. The van der Waals surface area contributed by atoms with Crippen LogP contribution in [0.15, 0.2) is 16.6 Å². The monoisotopic (exact) mass is 474 g/mol. The van der Waals surface area contributed by atoms with Crippen LogP contribution in [0.25, 0.3) is 10.9 Å². The van der Waals surface area contributed by atoms with Crippen LogP contribution in [0.5, 0.6) is 0 Å². The molecule has 0 aliphatic carbocycles. The van der Waals surface area contributed by atoms with E-state index in [9.17, 15) is 4.79 Å². The molecule has 146 valence electrons. The van der Waals surface area contributed by atoms with Gasteiger partial charge in [0.15, 0.2) is 0 Å². The Morgan fingerprint density at radius 3 is 2.59 bits per heavy atom. The standard InChI is InChI=1S/C18H21BrCl2N4O2/c1-10-9-24(17(26)27-18(2,3)4)5-6-25(10)15-11-7-12(19)13(20)8-14(11)22-16(21)23-15/h7-8,10H,5-6,9H2,1-4H3. The van der Waals surface area contributed by atoms with Crippen LogP contribution in [0.1, 0.15) is 27.7 Å². The van der Waals surface area contributed by atoms with Crippen LogP contribution in [0.2, 0.25) is 10.3 Å². The van der Waals surface area contributed by atoms with Crippen molar-refractivity contribution in [1.82, 2.24) is 14.9 Å². The average Bonchev–Trinajstić information content (AvgIpc) is 2.54. The number of hydrogen-bond donors (Lipinski definition) is 0. The van der Waals surface area contributed by atoms with Crippen LogP contribution < -0.4 is 4.90 Å². The van der Waals surface area contributed by atoms with Crippen LogP contribution in [0, 0.1) is 0 Å². The molecule has 0 saturated carbocycles. The zero-order chi connectivity index (χ0) is 19.9.